The smallest absolute Gasteiger partial charge is 0.408 e. The number of ether oxygens (including phenoxy) is 5. The Balaban J connectivity index is 1.76. The van der Waals surface area contributed by atoms with Gasteiger partial charge in [-0.05, 0) is 79.9 Å². The van der Waals surface area contributed by atoms with Crippen LogP contribution in [0.3, 0.4) is 0 Å². The predicted octanol–water partition coefficient (Wildman–Crippen LogP) is 0.728. The Morgan fingerprint density at radius 1 is 1.13 bits per heavy atom. The average molecular weight is 672 g/mol. The molecule has 1 amide bonds. The van der Waals surface area contributed by atoms with Crippen LogP contribution in [0, 0.1) is 17.3 Å². The van der Waals surface area contributed by atoms with Crippen molar-refractivity contribution in [3.05, 3.63) is 0 Å². The van der Waals surface area contributed by atoms with E-state index >= 15 is 0 Å². The van der Waals surface area contributed by atoms with Crippen LogP contribution in [0.25, 0.3) is 0 Å². The number of hydrogen-bond acceptors (Lipinski definition) is 13. The van der Waals surface area contributed by atoms with Crippen molar-refractivity contribution in [2.24, 2.45) is 17.3 Å². The first-order valence-electron chi connectivity index (χ1n) is 17.0. The number of ketones is 1. The highest BCUT2D eigenvalue weighted by molar-refractivity contribution is 6.04. The second-order valence-electron chi connectivity index (χ2n) is 15.0. The lowest BCUT2D eigenvalue weighted by atomic mass is 9.70. The van der Waals surface area contributed by atoms with Gasteiger partial charge in [0.05, 0.1) is 30.5 Å². The Labute approximate surface area is 278 Å². The molecular weight excluding hydrogens is 614 g/mol. The Kier molecular flexibility index (Phi) is 11.7. The summed E-state index contributed by atoms with van der Waals surface area (Å²) in [7, 11) is 3.59. The van der Waals surface area contributed by atoms with Gasteiger partial charge in [0.2, 0.25) is 0 Å². The molecule has 5 N–H and O–H groups in total. The van der Waals surface area contributed by atoms with Crippen molar-refractivity contribution < 1.29 is 53.4 Å². The van der Waals surface area contributed by atoms with E-state index in [1.54, 1.807) is 39.8 Å². The maximum absolute atomic E-state index is 14.6. The number of aliphatic hydroxyl groups excluding tert-OH is 3. The number of carbonyl (C=O) groups is 3. The summed E-state index contributed by atoms with van der Waals surface area (Å²) in [6.07, 6.45) is -5.84. The minimum atomic E-state index is -1.62. The standard InChI is InChI=1S/C33H57N3O11/c1-10-23-33(7)25(35-30(42)47-33)19(4)34-15-17(2)14-32(6)27(18(3)26(40)31(5,11-12-43-32)29(41)45-23)46-28-24(39)20(36(8)9)13-22(44-28)21(38)16-37/h17-25,27-28,34,37-39H,10-16H2,1-9H3,(H,35,42)/t17-,18+,19-,20+,21-,22+,23-,24-,25-,27-,28+,31-,32+,33-/m1/s1. The van der Waals surface area contributed by atoms with Crippen LogP contribution < -0.4 is 10.6 Å². The number of carbonyl (C=O) groups excluding carboxylic acids is 3. The normalized spacial score (nSPS) is 46.0. The maximum atomic E-state index is 14.6. The molecular formula is C33H57N3O11. The van der Waals surface area contributed by atoms with Crippen molar-refractivity contribution in [3.63, 3.8) is 0 Å². The number of hydrogen-bond donors (Lipinski definition) is 5. The molecule has 14 atom stereocenters. The second kappa shape index (κ2) is 14.5. The molecule has 0 aromatic carbocycles. The van der Waals surface area contributed by atoms with Crippen molar-refractivity contribution in [3.8, 4) is 0 Å². The first-order valence-corrected chi connectivity index (χ1v) is 17.0. The van der Waals surface area contributed by atoms with Crippen molar-refractivity contribution >= 4 is 17.8 Å². The van der Waals surface area contributed by atoms with E-state index in [4.69, 9.17) is 23.7 Å². The monoisotopic (exact) mass is 671 g/mol. The van der Waals surface area contributed by atoms with Gasteiger partial charge in [-0.3, -0.25) is 9.59 Å². The van der Waals surface area contributed by atoms with Gasteiger partial charge in [0.25, 0.3) is 0 Å². The third kappa shape index (κ3) is 7.35. The molecule has 0 aromatic rings. The van der Waals surface area contributed by atoms with Gasteiger partial charge < -0.3 is 54.5 Å². The van der Waals surface area contributed by atoms with Gasteiger partial charge in [0.15, 0.2) is 17.7 Å². The SMILES string of the molecule is CC[C@H]1OC(=O)[C@]2(C)CCO[C@@](C)(C[C@@H](C)CN[C@H](C)[C@H]3NC(=O)O[C@@]31C)[C@H](O[C@@H]1O[C@H]([C@H](O)CO)C[C@H](N(C)C)[C@H]1O)[C@@H](C)C2=O. The van der Waals surface area contributed by atoms with E-state index in [1.807, 2.05) is 27.7 Å². The topological polar surface area (TPSA) is 185 Å². The molecule has 5 aliphatic heterocycles. The van der Waals surface area contributed by atoms with Gasteiger partial charge in [0.1, 0.15) is 23.7 Å². The van der Waals surface area contributed by atoms with Gasteiger partial charge in [-0.2, -0.15) is 0 Å². The molecule has 0 aromatic heterocycles. The zero-order chi connectivity index (χ0) is 35.1. The van der Waals surface area contributed by atoms with Crippen LogP contribution in [-0.4, -0.2) is 138 Å². The summed E-state index contributed by atoms with van der Waals surface area (Å²) in [5, 5.41) is 38.0. The fraction of sp³-hybridized carbons (Fsp3) is 0.909. The summed E-state index contributed by atoms with van der Waals surface area (Å²) in [6, 6.07) is -1.27. The number of nitrogens with zero attached hydrogens (tertiary/aromatic N) is 1. The van der Waals surface area contributed by atoms with E-state index in [9.17, 15) is 29.7 Å². The largest absolute Gasteiger partial charge is 0.457 e. The molecule has 47 heavy (non-hydrogen) atoms. The average Bonchev–Trinajstić information content (AvgIpc) is 3.33. The number of Topliss-reactive ketones (excluding diaryl/α,β-unsaturated/α-hetero) is 1. The summed E-state index contributed by atoms with van der Waals surface area (Å²) < 4.78 is 31.2. The minimum absolute atomic E-state index is 0.0217. The van der Waals surface area contributed by atoms with Crippen LogP contribution in [-0.2, 0) is 33.3 Å². The number of likely N-dealkylation sites (N-methyl/N-ethyl adjacent to an activating group) is 1. The molecule has 0 spiro atoms. The number of esters is 1. The lowest BCUT2D eigenvalue weighted by Crippen LogP contribution is -2.62. The number of alkyl carbamates (subject to hydrolysis) is 1. The Morgan fingerprint density at radius 2 is 1.81 bits per heavy atom. The summed E-state index contributed by atoms with van der Waals surface area (Å²) >= 11 is 0. The lowest BCUT2D eigenvalue weighted by molar-refractivity contribution is -0.311. The maximum Gasteiger partial charge on any atom is 0.408 e. The van der Waals surface area contributed by atoms with Gasteiger partial charge in [0, 0.05) is 24.6 Å². The summed E-state index contributed by atoms with van der Waals surface area (Å²) in [5.74, 6) is -2.10. The van der Waals surface area contributed by atoms with Crippen molar-refractivity contribution in [1.29, 1.82) is 0 Å². The van der Waals surface area contributed by atoms with E-state index in [0.717, 1.165) is 0 Å². The molecule has 5 fully saturated rings. The molecule has 2 bridgehead atoms. The van der Waals surface area contributed by atoms with Crippen LogP contribution in [0.2, 0.25) is 0 Å². The molecule has 5 aliphatic rings. The highest BCUT2D eigenvalue weighted by Gasteiger charge is 2.58. The van der Waals surface area contributed by atoms with Crippen LogP contribution in [0.1, 0.15) is 74.1 Å². The van der Waals surface area contributed by atoms with Crippen molar-refractivity contribution in [1.82, 2.24) is 15.5 Å². The summed E-state index contributed by atoms with van der Waals surface area (Å²) in [5.41, 5.74) is -3.90. The van der Waals surface area contributed by atoms with Gasteiger partial charge >= 0.3 is 12.1 Å². The number of aliphatic hydroxyl groups is 3. The van der Waals surface area contributed by atoms with Gasteiger partial charge in [-0.1, -0.05) is 20.8 Å². The number of amides is 1. The zero-order valence-electron chi connectivity index (χ0n) is 29.4. The number of fused-ring (bicyclic) bond motifs is 10. The molecule has 0 saturated carbocycles. The summed E-state index contributed by atoms with van der Waals surface area (Å²) in [6.45, 7) is 12.7. The number of rotatable bonds is 6. The van der Waals surface area contributed by atoms with E-state index < -0.39 is 95.9 Å². The Morgan fingerprint density at radius 3 is 2.43 bits per heavy atom. The molecule has 270 valence electrons. The van der Waals surface area contributed by atoms with Gasteiger partial charge in [-0.25, -0.2) is 4.79 Å². The lowest BCUT2D eigenvalue weighted by Gasteiger charge is -2.49. The van der Waals surface area contributed by atoms with E-state index in [-0.39, 0.29) is 31.4 Å². The van der Waals surface area contributed by atoms with Crippen LogP contribution in [0.4, 0.5) is 4.79 Å². The predicted molar refractivity (Wildman–Crippen MR) is 169 cm³/mol. The van der Waals surface area contributed by atoms with E-state index in [0.29, 0.717) is 19.4 Å². The van der Waals surface area contributed by atoms with Gasteiger partial charge in [-0.15, -0.1) is 0 Å². The quantitative estimate of drug-likeness (QED) is 0.197. The third-order valence-corrected chi connectivity index (χ3v) is 11.0. The highest BCUT2D eigenvalue weighted by Crippen LogP contribution is 2.43. The minimum Gasteiger partial charge on any atom is -0.457 e. The van der Waals surface area contributed by atoms with E-state index in [2.05, 4.69) is 10.6 Å². The molecule has 0 radical (unpaired) electrons. The zero-order valence-corrected chi connectivity index (χ0v) is 29.4. The van der Waals surface area contributed by atoms with Crippen LogP contribution >= 0.6 is 0 Å². The molecule has 5 rings (SSSR count). The molecule has 14 nitrogen and oxygen atoms in total. The van der Waals surface area contributed by atoms with Crippen molar-refractivity contribution in [2.75, 3.05) is 33.9 Å². The summed E-state index contributed by atoms with van der Waals surface area (Å²) in [4.78, 5) is 43.0. The Hall–Kier alpha value is -1.91. The fourth-order valence-corrected chi connectivity index (χ4v) is 8.09. The van der Waals surface area contributed by atoms with E-state index in [1.165, 1.54) is 0 Å². The number of nitrogens with one attached hydrogen (secondary N) is 2. The Bertz CT molecular complexity index is 1140. The van der Waals surface area contributed by atoms with Crippen LogP contribution in [0.15, 0.2) is 0 Å². The first-order chi connectivity index (χ1) is 21.9. The van der Waals surface area contributed by atoms with Crippen molar-refractivity contribution in [2.45, 2.75) is 140 Å². The molecule has 0 unspecified atom stereocenters. The second-order valence-corrected chi connectivity index (χ2v) is 15.0. The third-order valence-electron chi connectivity index (χ3n) is 11.0. The molecule has 0 aliphatic carbocycles. The molecule has 5 heterocycles. The fourth-order valence-electron chi connectivity index (χ4n) is 8.09. The van der Waals surface area contributed by atoms with Crippen LogP contribution in [0.5, 0.6) is 0 Å². The molecule has 14 heteroatoms. The highest BCUT2D eigenvalue weighted by atomic mass is 16.7. The molecule has 5 saturated heterocycles. The first kappa shape index (κ1) is 37.9.